The molecule has 2 aromatic rings. The van der Waals surface area contributed by atoms with E-state index >= 15 is 0 Å². The molecular formula is C19H23BrN4O2. The highest BCUT2D eigenvalue weighted by molar-refractivity contribution is 9.10. The first-order valence-corrected chi connectivity index (χ1v) is 9.43. The number of rotatable bonds is 4. The third-order valence-corrected chi connectivity index (χ3v) is 5.32. The van der Waals surface area contributed by atoms with Crippen molar-refractivity contribution < 1.29 is 9.53 Å². The molecule has 1 N–H and O–H groups in total. The molecule has 1 fully saturated rings. The fraction of sp³-hybridized carbons (Fsp3) is 0.421. The van der Waals surface area contributed by atoms with Gasteiger partial charge in [-0.3, -0.25) is 9.97 Å². The van der Waals surface area contributed by atoms with E-state index in [1.165, 1.54) is 0 Å². The van der Waals surface area contributed by atoms with Crippen molar-refractivity contribution >= 4 is 22.0 Å². The Morgan fingerprint density at radius 3 is 2.88 bits per heavy atom. The maximum absolute atomic E-state index is 12.8. The van der Waals surface area contributed by atoms with Crippen molar-refractivity contribution in [3.8, 4) is 0 Å². The second-order valence-electron chi connectivity index (χ2n) is 6.53. The molecule has 3 atom stereocenters. The van der Waals surface area contributed by atoms with E-state index in [-0.39, 0.29) is 24.2 Å². The molecule has 7 heteroatoms. The van der Waals surface area contributed by atoms with Gasteiger partial charge in [0.05, 0.1) is 12.1 Å². The Balaban J connectivity index is 1.71. The van der Waals surface area contributed by atoms with Gasteiger partial charge in [0.1, 0.15) is 6.10 Å². The van der Waals surface area contributed by atoms with E-state index in [9.17, 15) is 4.79 Å². The molecule has 3 rings (SSSR count). The van der Waals surface area contributed by atoms with E-state index < -0.39 is 0 Å². The summed E-state index contributed by atoms with van der Waals surface area (Å²) in [7, 11) is 1.80. The third kappa shape index (κ3) is 4.04. The summed E-state index contributed by atoms with van der Waals surface area (Å²) in [6.07, 6.45) is 5.84. The molecule has 138 valence electrons. The number of nitrogens with one attached hydrogen (secondary N) is 1. The van der Waals surface area contributed by atoms with Gasteiger partial charge in [-0.15, -0.1) is 0 Å². The van der Waals surface area contributed by atoms with E-state index in [1.54, 1.807) is 30.5 Å². The third-order valence-electron chi connectivity index (χ3n) is 4.89. The zero-order chi connectivity index (χ0) is 18.7. The number of hydrogen-bond acceptors (Lipinski definition) is 4. The second kappa shape index (κ2) is 8.14. The maximum atomic E-state index is 12.8. The van der Waals surface area contributed by atoms with E-state index in [2.05, 4.69) is 31.2 Å². The van der Waals surface area contributed by atoms with Gasteiger partial charge in [-0.1, -0.05) is 0 Å². The topological polar surface area (TPSA) is 67.3 Å². The highest BCUT2D eigenvalue weighted by Crippen LogP contribution is 2.32. The van der Waals surface area contributed by atoms with Gasteiger partial charge in [0, 0.05) is 48.0 Å². The molecule has 1 aliphatic heterocycles. The number of hydrogen-bond donors (Lipinski definition) is 1. The highest BCUT2D eigenvalue weighted by Gasteiger charge is 2.33. The number of halogens is 1. The summed E-state index contributed by atoms with van der Waals surface area (Å²) in [6.45, 7) is 4.57. The smallest absolute Gasteiger partial charge is 0.317 e. The molecule has 0 radical (unpaired) electrons. The largest absolute Gasteiger partial charge is 0.371 e. The Hall–Kier alpha value is -1.99. The average molecular weight is 419 g/mol. The first-order chi connectivity index (χ1) is 12.5. The Morgan fingerprint density at radius 2 is 2.15 bits per heavy atom. The van der Waals surface area contributed by atoms with Crippen molar-refractivity contribution in [2.24, 2.45) is 0 Å². The average Bonchev–Trinajstić information content (AvgIpc) is 3.11. The van der Waals surface area contributed by atoms with Crippen LogP contribution in [0.15, 0.2) is 41.3 Å². The lowest BCUT2D eigenvalue weighted by Crippen LogP contribution is -2.45. The molecular weight excluding hydrogens is 396 g/mol. The molecule has 26 heavy (non-hydrogen) atoms. The number of aromatic nitrogens is 2. The normalized spacial score (nSPS) is 20.6. The van der Waals surface area contributed by atoms with Crippen LogP contribution in [-0.2, 0) is 4.74 Å². The number of amides is 2. The van der Waals surface area contributed by atoms with E-state index in [1.807, 2.05) is 32.0 Å². The van der Waals surface area contributed by atoms with E-state index in [0.717, 1.165) is 27.7 Å². The van der Waals surface area contributed by atoms with Crippen LogP contribution in [0, 0.1) is 6.92 Å². The molecule has 1 aliphatic rings. The van der Waals surface area contributed by atoms with E-state index in [0.29, 0.717) is 6.61 Å². The van der Waals surface area contributed by atoms with Gasteiger partial charge in [0.15, 0.2) is 0 Å². The molecule has 0 spiro atoms. The van der Waals surface area contributed by atoms with Gasteiger partial charge in [0.2, 0.25) is 0 Å². The molecule has 1 saturated heterocycles. The van der Waals surface area contributed by atoms with Gasteiger partial charge in [-0.25, -0.2) is 4.79 Å². The minimum atomic E-state index is -0.186. The van der Waals surface area contributed by atoms with Crippen LogP contribution in [-0.4, -0.2) is 40.6 Å². The number of urea groups is 1. The van der Waals surface area contributed by atoms with Gasteiger partial charge >= 0.3 is 6.03 Å². The first-order valence-electron chi connectivity index (χ1n) is 8.64. The molecule has 6 nitrogen and oxygen atoms in total. The SMILES string of the molecule is Cc1ncc(Br)cc1[C@H]1OCC[C@@H]1NC(=O)N(C)[C@@H](C)c1ccncc1. The Kier molecular flexibility index (Phi) is 5.88. The van der Waals surface area contributed by atoms with Crippen molar-refractivity contribution in [1.29, 1.82) is 0 Å². The van der Waals surface area contributed by atoms with Crippen molar-refractivity contribution in [2.45, 2.75) is 38.5 Å². The fourth-order valence-corrected chi connectivity index (χ4v) is 3.51. The van der Waals surface area contributed by atoms with Gasteiger partial charge in [-0.05, 0) is 60.0 Å². The summed E-state index contributed by atoms with van der Waals surface area (Å²) in [5, 5.41) is 3.13. The van der Waals surface area contributed by atoms with Crippen molar-refractivity contribution in [3.63, 3.8) is 0 Å². The lowest BCUT2D eigenvalue weighted by molar-refractivity contribution is 0.0970. The van der Waals surface area contributed by atoms with Crippen LogP contribution in [0.4, 0.5) is 4.79 Å². The van der Waals surface area contributed by atoms with E-state index in [4.69, 9.17) is 4.74 Å². The number of aryl methyl sites for hydroxylation is 1. The summed E-state index contributed by atoms with van der Waals surface area (Å²) < 4.78 is 6.82. The zero-order valence-corrected chi connectivity index (χ0v) is 16.7. The lowest BCUT2D eigenvalue weighted by Gasteiger charge is -2.29. The summed E-state index contributed by atoms with van der Waals surface area (Å²) in [5.41, 5.74) is 2.97. The number of carbonyl (C=O) groups excluding carboxylic acids is 1. The Labute approximate surface area is 162 Å². The quantitative estimate of drug-likeness (QED) is 0.819. The molecule has 2 amide bonds. The van der Waals surface area contributed by atoms with Crippen LogP contribution in [0.25, 0.3) is 0 Å². The van der Waals surface area contributed by atoms with Crippen molar-refractivity contribution in [1.82, 2.24) is 20.2 Å². The van der Waals surface area contributed by atoms with Crippen LogP contribution in [0.5, 0.6) is 0 Å². The van der Waals surface area contributed by atoms with Gasteiger partial charge in [0.25, 0.3) is 0 Å². The van der Waals surface area contributed by atoms with Crippen LogP contribution < -0.4 is 5.32 Å². The summed E-state index contributed by atoms with van der Waals surface area (Å²) in [5.74, 6) is 0. The summed E-state index contributed by atoms with van der Waals surface area (Å²) in [4.78, 5) is 22.9. The molecule has 0 saturated carbocycles. The van der Waals surface area contributed by atoms with Crippen LogP contribution in [0.2, 0.25) is 0 Å². The molecule has 0 unspecified atom stereocenters. The van der Waals surface area contributed by atoms with Crippen molar-refractivity contribution in [3.05, 3.63) is 58.1 Å². The predicted molar refractivity (Wildman–Crippen MR) is 103 cm³/mol. The number of ether oxygens (including phenoxy) is 1. The molecule has 0 aliphatic carbocycles. The molecule has 0 bridgehead atoms. The van der Waals surface area contributed by atoms with Crippen LogP contribution in [0.1, 0.15) is 42.3 Å². The van der Waals surface area contributed by atoms with Crippen molar-refractivity contribution in [2.75, 3.05) is 13.7 Å². The highest BCUT2D eigenvalue weighted by atomic mass is 79.9. The molecule has 0 aromatic carbocycles. The minimum absolute atomic E-state index is 0.0481. The lowest BCUT2D eigenvalue weighted by atomic mass is 10.0. The maximum Gasteiger partial charge on any atom is 0.317 e. The minimum Gasteiger partial charge on any atom is -0.371 e. The number of carbonyl (C=O) groups is 1. The van der Waals surface area contributed by atoms with Crippen LogP contribution >= 0.6 is 15.9 Å². The first kappa shape index (κ1) is 18.8. The summed E-state index contributed by atoms with van der Waals surface area (Å²) in [6, 6.07) is 5.62. The standard InChI is InChI=1S/C19H23BrN4O2/c1-12-16(10-15(20)11-22-12)18-17(6-9-26-18)23-19(25)24(3)13(2)14-4-7-21-8-5-14/h4-5,7-8,10-11,13,17-18H,6,9H2,1-3H3,(H,23,25)/t13-,17-,18+/m0/s1. The molecule has 2 aromatic heterocycles. The number of nitrogens with zero attached hydrogens (tertiary/aromatic N) is 3. The monoisotopic (exact) mass is 418 g/mol. The number of pyridine rings is 2. The summed E-state index contributed by atoms with van der Waals surface area (Å²) >= 11 is 3.46. The molecule has 3 heterocycles. The van der Waals surface area contributed by atoms with Crippen LogP contribution in [0.3, 0.4) is 0 Å². The Bertz CT molecular complexity index is 771. The second-order valence-corrected chi connectivity index (χ2v) is 7.45. The zero-order valence-electron chi connectivity index (χ0n) is 15.1. The Morgan fingerprint density at radius 1 is 1.42 bits per heavy atom. The van der Waals surface area contributed by atoms with Gasteiger partial charge in [-0.2, -0.15) is 0 Å². The fourth-order valence-electron chi connectivity index (χ4n) is 3.16. The predicted octanol–water partition coefficient (Wildman–Crippen LogP) is 3.78. The van der Waals surface area contributed by atoms with Gasteiger partial charge < -0.3 is 15.0 Å².